The van der Waals surface area contributed by atoms with Crippen molar-refractivity contribution in [2.75, 3.05) is 52.5 Å². The van der Waals surface area contributed by atoms with E-state index >= 15 is 0 Å². The van der Waals surface area contributed by atoms with Crippen molar-refractivity contribution >= 4 is 23.2 Å². The van der Waals surface area contributed by atoms with Crippen LogP contribution in [0.2, 0.25) is 0 Å². The van der Waals surface area contributed by atoms with Gasteiger partial charge in [-0.25, -0.2) is 4.98 Å². The van der Waals surface area contributed by atoms with Gasteiger partial charge in [0.1, 0.15) is 11.4 Å². The van der Waals surface area contributed by atoms with E-state index in [0.717, 1.165) is 56.4 Å². The highest BCUT2D eigenvalue weighted by molar-refractivity contribution is 7.09. The Bertz CT molecular complexity index is 948. The number of piperidine rings is 1. The Hall–Kier alpha value is -2.49. The molecule has 34 heavy (non-hydrogen) atoms. The molecule has 0 unspecified atom stereocenters. The summed E-state index contributed by atoms with van der Waals surface area (Å²) in [6.45, 7) is 10.1. The molecule has 0 aliphatic carbocycles. The molecule has 1 aromatic carbocycles. The molecule has 0 radical (unpaired) electrons. The number of rotatable bonds is 8. The Balaban J connectivity index is 1.23. The lowest BCUT2D eigenvalue weighted by molar-refractivity contribution is 0.0383. The second-order valence-corrected chi connectivity index (χ2v) is 9.93. The lowest BCUT2D eigenvalue weighted by atomic mass is 9.97. The van der Waals surface area contributed by atoms with Crippen molar-refractivity contribution in [2.24, 2.45) is 0 Å². The van der Waals surface area contributed by atoms with E-state index < -0.39 is 0 Å². The maximum atomic E-state index is 12.9. The van der Waals surface area contributed by atoms with Crippen molar-refractivity contribution in [3.63, 3.8) is 0 Å². The normalized spacial score (nSPS) is 17.7. The van der Waals surface area contributed by atoms with Crippen LogP contribution in [0.4, 0.5) is 0 Å². The van der Waals surface area contributed by atoms with Gasteiger partial charge in [0.05, 0.1) is 24.3 Å². The zero-order valence-electron chi connectivity index (χ0n) is 20.0. The Morgan fingerprint density at radius 3 is 2.53 bits per heavy atom. The molecule has 0 atom stereocenters. The van der Waals surface area contributed by atoms with E-state index in [1.165, 1.54) is 0 Å². The maximum Gasteiger partial charge on any atom is 0.270 e. The first-order valence-electron chi connectivity index (χ1n) is 12.1. The number of nitrogens with one attached hydrogen (secondary N) is 1. The van der Waals surface area contributed by atoms with Crippen LogP contribution in [-0.2, 0) is 4.74 Å². The van der Waals surface area contributed by atoms with Crippen LogP contribution in [0.5, 0.6) is 5.75 Å². The van der Waals surface area contributed by atoms with Gasteiger partial charge in [-0.15, -0.1) is 11.3 Å². The number of morpholine rings is 1. The average molecular weight is 487 g/mol. The summed E-state index contributed by atoms with van der Waals surface area (Å²) in [5.74, 6) is 0.989. The zero-order valence-corrected chi connectivity index (χ0v) is 20.8. The molecule has 0 spiro atoms. The van der Waals surface area contributed by atoms with Crippen LogP contribution in [0.25, 0.3) is 0 Å². The highest BCUT2D eigenvalue weighted by Crippen LogP contribution is 2.31. The molecule has 2 saturated heterocycles. The molecule has 8 nitrogen and oxygen atoms in total. The lowest BCUT2D eigenvalue weighted by Gasteiger charge is -2.31. The van der Waals surface area contributed by atoms with Crippen LogP contribution in [0, 0.1) is 0 Å². The highest BCUT2D eigenvalue weighted by Gasteiger charge is 2.27. The van der Waals surface area contributed by atoms with Gasteiger partial charge in [0.15, 0.2) is 0 Å². The molecule has 4 rings (SSSR count). The number of benzene rings is 1. The van der Waals surface area contributed by atoms with Crippen molar-refractivity contribution in [1.29, 1.82) is 0 Å². The minimum absolute atomic E-state index is 0.0500. The predicted octanol–water partition coefficient (Wildman–Crippen LogP) is 3.01. The van der Waals surface area contributed by atoms with Gasteiger partial charge in [-0.05, 0) is 51.0 Å². The highest BCUT2D eigenvalue weighted by atomic mass is 32.1. The number of amides is 2. The molecule has 2 aliphatic rings. The summed E-state index contributed by atoms with van der Waals surface area (Å²) in [4.78, 5) is 34.2. The van der Waals surface area contributed by atoms with Crippen LogP contribution in [0.1, 0.15) is 58.5 Å². The second kappa shape index (κ2) is 11.8. The number of thiazole rings is 1. The Morgan fingerprint density at radius 2 is 1.85 bits per heavy atom. The molecule has 0 bridgehead atoms. The average Bonchev–Trinajstić information content (AvgIpc) is 3.35. The summed E-state index contributed by atoms with van der Waals surface area (Å²) in [5.41, 5.74) is 1.17. The predicted molar refractivity (Wildman–Crippen MR) is 132 cm³/mol. The van der Waals surface area contributed by atoms with Crippen LogP contribution in [-0.4, -0.2) is 85.2 Å². The Kier molecular flexibility index (Phi) is 8.53. The van der Waals surface area contributed by atoms with Crippen molar-refractivity contribution in [1.82, 2.24) is 20.1 Å². The summed E-state index contributed by atoms with van der Waals surface area (Å²) in [6.07, 6.45) is 1.81. The summed E-state index contributed by atoms with van der Waals surface area (Å²) in [6, 6.07) is 7.36. The fourth-order valence-electron chi connectivity index (χ4n) is 4.28. The molecule has 184 valence electrons. The molecular weight excluding hydrogens is 452 g/mol. The van der Waals surface area contributed by atoms with Gasteiger partial charge in [-0.2, -0.15) is 0 Å². The third kappa shape index (κ3) is 6.55. The first-order chi connectivity index (χ1) is 16.5. The molecule has 2 amide bonds. The van der Waals surface area contributed by atoms with E-state index in [4.69, 9.17) is 9.47 Å². The van der Waals surface area contributed by atoms with Gasteiger partial charge in [0, 0.05) is 56.1 Å². The number of carbonyl (C=O) groups is 2. The minimum Gasteiger partial charge on any atom is -0.491 e. The van der Waals surface area contributed by atoms with Gasteiger partial charge >= 0.3 is 0 Å². The topological polar surface area (TPSA) is 84.0 Å². The smallest absolute Gasteiger partial charge is 0.270 e. The summed E-state index contributed by atoms with van der Waals surface area (Å²) < 4.78 is 11.0. The molecule has 1 aromatic heterocycles. The summed E-state index contributed by atoms with van der Waals surface area (Å²) in [5, 5.41) is 5.81. The fourth-order valence-corrected chi connectivity index (χ4v) is 5.25. The third-order valence-electron chi connectivity index (χ3n) is 6.18. The molecule has 2 aliphatic heterocycles. The Labute approximate surface area is 205 Å². The van der Waals surface area contributed by atoms with Crippen molar-refractivity contribution in [3.05, 3.63) is 45.9 Å². The van der Waals surface area contributed by atoms with Gasteiger partial charge in [-0.1, -0.05) is 0 Å². The third-order valence-corrected chi connectivity index (χ3v) is 7.18. The van der Waals surface area contributed by atoms with Gasteiger partial charge in [0.25, 0.3) is 11.8 Å². The lowest BCUT2D eigenvalue weighted by Crippen LogP contribution is -2.41. The fraction of sp³-hybridized carbons (Fsp3) is 0.560. The quantitative estimate of drug-likeness (QED) is 0.618. The van der Waals surface area contributed by atoms with E-state index in [-0.39, 0.29) is 23.8 Å². The number of likely N-dealkylation sites (tertiary alicyclic amines) is 1. The number of hydrogen-bond acceptors (Lipinski definition) is 7. The molecule has 2 fully saturated rings. The van der Waals surface area contributed by atoms with Crippen LogP contribution in [0.15, 0.2) is 29.6 Å². The summed E-state index contributed by atoms with van der Waals surface area (Å²) >= 11 is 1.54. The molecule has 1 N–H and O–H groups in total. The summed E-state index contributed by atoms with van der Waals surface area (Å²) in [7, 11) is 0. The van der Waals surface area contributed by atoms with E-state index in [9.17, 15) is 9.59 Å². The second-order valence-electron chi connectivity index (χ2n) is 9.04. The van der Waals surface area contributed by atoms with E-state index in [2.05, 4.69) is 15.2 Å². The number of nitrogens with zero attached hydrogens (tertiary/aromatic N) is 3. The van der Waals surface area contributed by atoms with Gasteiger partial charge in [0.2, 0.25) is 0 Å². The molecule has 9 heteroatoms. The standard InChI is InChI=1S/C25H34N4O4S/c1-18(2)33-21-5-3-20(4-6-21)25(31)29-10-7-19(8-11-29)24-27-22(17-34-24)23(30)26-9-12-28-13-15-32-16-14-28/h3-6,17-19H,7-16H2,1-2H3,(H,26,30). The van der Waals surface area contributed by atoms with Crippen molar-refractivity contribution in [3.8, 4) is 5.75 Å². The first kappa shape index (κ1) is 24.6. The zero-order chi connectivity index (χ0) is 23.9. The van der Waals surface area contributed by atoms with E-state index in [1.807, 2.05) is 48.4 Å². The minimum atomic E-state index is -0.117. The van der Waals surface area contributed by atoms with Gasteiger partial charge in [-0.3, -0.25) is 14.5 Å². The largest absolute Gasteiger partial charge is 0.491 e. The van der Waals surface area contributed by atoms with E-state index in [1.54, 1.807) is 11.3 Å². The number of carbonyl (C=O) groups excluding carboxylic acids is 2. The van der Waals surface area contributed by atoms with Crippen LogP contribution in [0.3, 0.4) is 0 Å². The van der Waals surface area contributed by atoms with Gasteiger partial charge < -0.3 is 19.7 Å². The first-order valence-corrected chi connectivity index (χ1v) is 13.0. The SMILES string of the molecule is CC(C)Oc1ccc(C(=O)N2CCC(c3nc(C(=O)NCCN4CCOCC4)cs3)CC2)cc1. The molecular formula is C25H34N4O4S. The molecule has 0 saturated carbocycles. The number of ether oxygens (including phenoxy) is 2. The Morgan fingerprint density at radius 1 is 1.15 bits per heavy atom. The van der Waals surface area contributed by atoms with E-state index in [0.29, 0.717) is 30.9 Å². The molecule has 3 heterocycles. The van der Waals surface area contributed by atoms with Crippen molar-refractivity contribution in [2.45, 2.75) is 38.7 Å². The van der Waals surface area contributed by atoms with Crippen LogP contribution < -0.4 is 10.1 Å². The number of hydrogen-bond donors (Lipinski definition) is 1. The monoisotopic (exact) mass is 486 g/mol. The maximum absolute atomic E-state index is 12.9. The molecule has 2 aromatic rings. The number of aromatic nitrogens is 1. The van der Waals surface area contributed by atoms with Crippen LogP contribution >= 0.6 is 11.3 Å². The van der Waals surface area contributed by atoms with Crippen molar-refractivity contribution < 1.29 is 19.1 Å².